The zero-order valence-electron chi connectivity index (χ0n) is 17.9. The number of hydrogen-bond acceptors (Lipinski definition) is 3. The highest BCUT2D eigenvalue weighted by Gasteiger charge is 2.22. The summed E-state index contributed by atoms with van der Waals surface area (Å²) in [5.74, 6) is 0. The lowest BCUT2D eigenvalue weighted by atomic mass is 10.1. The van der Waals surface area contributed by atoms with Gasteiger partial charge < -0.3 is 19.9 Å². The van der Waals surface area contributed by atoms with Crippen molar-refractivity contribution >= 4 is 28.2 Å². The van der Waals surface area contributed by atoms with Crippen molar-refractivity contribution in [1.29, 1.82) is 0 Å². The van der Waals surface area contributed by atoms with Gasteiger partial charge in [-0.15, -0.1) is 0 Å². The first-order valence-electron chi connectivity index (χ1n) is 10.9. The number of thiocarbonyl (C=S) groups is 1. The Bertz CT molecular complexity index is 1090. The van der Waals surface area contributed by atoms with Crippen LogP contribution < -0.4 is 10.9 Å². The molecule has 0 aliphatic carbocycles. The average Bonchev–Trinajstić information content (AvgIpc) is 3.28. The molecular formula is C25H29N3O2S. The van der Waals surface area contributed by atoms with Crippen molar-refractivity contribution < 1.29 is 4.74 Å². The molecule has 0 bridgehead atoms. The van der Waals surface area contributed by atoms with E-state index < -0.39 is 0 Å². The van der Waals surface area contributed by atoms with Crippen LogP contribution in [0.5, 0.6) is 0 Å². The standard InChI is InChI=1S/C25H29N3O2S/c1-18-9-10-23-20(14-18)15-21(24(29)27-23)16-28(17-22-8-5-13-30-22)25(31)26-12-11-19-6-3-2-4-7-19/h2-4,6-7,9-10,14-15,22H,5,8,11-13,16-17H2,1H3,(H,26,31)(H,27,29)/t22-/m1/s1. The molecule has 0 saturated carbocycles. The molecule has 1 aliphatic heterocycles. The molecule has 31 heavy (non-hydrogen) atoms. The molecule has 0 radical (unpaired) electrons. The summed E-state index contributed by atoms with van der Waals surface area (Å²) in [4.78, 5) is 17.8. The van der Waals surface area contributed by atoms with Crippen LogP contribution in [0, 0.1) is 6.92 Å². The maximum atomic E-state index is 12.7. The van der Waals surface area contributed by atoms with E-state index >= 15 is 0 Å². The fourth-order valence-electron chi connectivity index (χ4n) is 4.02. The second-order valence-electron chi connectivity index (χ2n) is 8.20. The molecule has 0 unspecified atom stereocenters. The van der Waals surface area contributed by atoms with Crippen molar-refractivity contribution in [2.75, 3.05) is 19.7 Å². The number of fused-ring (bicyclic) bond motifs is 1. The van der Waals surface area contributed by atoms with Crippen LogP contribution in [-0.2, 0) is 17.7 Å². The highest BCUT2D eigenvalue weighted by Crippen LogP contribution is 2.17. The van der Waals surface area contributed by atoms with Gasteiger partial charge in [0.05, 0.1) is 12.6 Å². The van der Waals surface area contributed by atoms with E-state index in [1.54, 1.807) is 0 Å². The molecule has 6 heteroatoms. The smallest absolute Gasteiger partial charge is 0.253 e. The Labute approximate surface area is 188 Å². The number of aryl methyl sites for hydroxylation is 1. The summed E-state index contributed by atoms with van der Waals surface area (Å²) in [5, 5.41) is 5.08. The van der Waals surface area contributed by atoms with E-state index in [1.165, 1.54) is 11.1 Å². The number of nitrogens with one attached hydrogen (secondary N) is 2. The van der Waals surface area contributed by atoms with Crippen LogP contribution in [-0.4, -0.2) is 40.8 Å². The first-order chi connectivity index (χ1) is 15.1. The third-order valence-corrected chi connectivity index (χ3v) is 6.11. The minimum atomic E-state index is -0.0687. The molecule has 3 aromatic rings. The molecule has 1 fully saturated rings. The minimum absolute atomic E-state index is 0.0687. The van der Waals surface area contributed by atoms with Crippen molar-refractivity contribution in [1.82, 2.24) is 15.2 Å². The van der Waals surface area contributed by atoms with Crippen LogP contribution >= 0.6 is 12.2 Å². The highest BCUT2D eigenvalue weighted by molar-refractivity contribution is 7.80. The van der Waals surface area contributed by atoms with E-state index in [9.17, 15) is 4.79 Å². The maximum Gasteiger partial charge on any atom is 0.253 e. The summed E-state index contributed by atoms with van der Waals surface area (Å²) < 4.78 is 5.85. The molecule has 1 aliphatic rings. The van der Waals surface area contributed by atoms with Crippen LogP contribution in [0.2, 0.25) is 0 Å². The van der Waals surface area contributed by atoms with Gasteiger partial charge in [-0.1, -0.05) is 42.0 Å². The molecule has 1 saturated heterocycles. The number of nitrogens with zero attached hydrogens (tertiary/aromatic N) is 1. The Hall–Kier alpha value is -2.70. The zero-order valence-corrected chi connectivity index (χ0v) is 18.7. The lowest BCUT2D eigenvalue weighted by Gasteiger charge is -2.28. The molecule has 162 valence electrons. The number of ether oxygens (including phenoxy) is 1. The van der Waals surface area contributed by atoms with E-state index in [4.69, 9.17) is 17.0 Å². The first kappa shape index (κ1) is 21.5. The van der Waals surface area contributed by atoms with Gasteiger partial charge in [0.1, 0.15) is 0 Å². The molecule has 0 spiro atoms. The molecule has 1 aromatic heterocycles. The third kappa shape index (κ3) is 5.71. The van der Waals surface area contributed by atoms with Crippen LogP contribution in [0.15, 0.2) is 59.4 Å². The number of aromatic nitrogens is 1. The lowest BCUT2D eigenvalue weighted by molar-refractivity contribution is 0.0897. The lowest BCUT2D eigenvalue weighted by Crippen LogP contribution is -2.44. The van der Waals surface area contributed by atoms with Gasteiger partial charge in [0.2, 0.25) is 0 Å². The fourth-order valence-corrected chi connectivity index (χ4v) is 4.26. The summed E-state index contributed by atoms with van der Waals surface area (Å²) >= 11 is 5.73. The van der Waals surface area contributed by atoms with Gasteiger partial charge in [0.15, 0.2) is 5.11 Å². The van der Waals surface area contributed by atoms with Gasteiger partial charge >= 0.3 is 0 Å². The van der Waals surface area contributed by atoms with Crippen molar-refractivity contribution in [3.63, 3.8) is 0 Å². The van der Waals surface area contributed by atoms with E-state index in [1.807, 2.05) is 36.4 Å². The summed E-state index contributed by atoms with van der Waals surface area (Å²) in [6.07, 6.45) is 3.14. The predicted molar refractivity (Wildman–Crippen MR) is 129 cm³/mol. The fraction of sp³-hybridized carbons (Fsp3) is 0.360. The zero-order chi connectivity index (χ0) is 21.6. The number of H-pyrrole nitrogens is 1. The topological polar surface area (TPSA) is 57.4 Å². The summed E-state index contributed by atoms with van der Waals surface area (Å²) in [6.45, 7) is 4.74. The third-order valence-electron chi connectivity index (χ3n) is 5.71. The monoisotopic (exact) mass is 435 g/mol. The van der Waals surface area contributed by atoms with E-state index in [2.05, 4.69) is 40.3 Å². The quantitative estimate of drug-likeness (QED) is 0.551. The first-order valence-corrected chi connectivity index (χ1v) is 11.3. The van der Waals surface area contributed by atoms with Gasteiger partial charge in [0, 0.05) is 30.8 Å². The van der Waals surface area contributed by atoms with Crippen molar-refractivity contribution in [3.05, 3.63) is 81.6 Å². The normalized spacial score (nSPS) is 15.8. The second-order valence-corrected chi connectivity index (χ2v) is 8.58. The highest BCUT2D eigenvalue weighted by atomic mass is 32.1. The largest absolute Gasteiger partial charge is 0.376 e. The predicted octanol–water partition coefficient (Wildman–Crippen LogP) is 3.93. The number of benzene rings is 2. The van der Waals surface area contributed by atoms with E-state index in [0.29, 0.717) is 23.8 Å². The van der Waals surface area contributed by atoms with Gasteiger partial charge in [-0.05, 0) is 67.6 Å². The summed E-state index contributed by atoms with van der Waals surface area (Å²) in [7, 11) is 0. The van der Waals surface area contributed by atoms with E-state index in [-0.39, 0.29) is 11.7 Å². The summed E-state index contributed by atoms with van der Waals surface area (Å²) in [5.41, 5.74) is 3.93. The molecule has 2 N–H and O–H groups in total. The Morgan fingerprint density at radius 2 is 2.06 bits per heavy atom. The number of rotatable bonds is 7. The second kappa shape index (κ2) is 10.1. The van der Waals surface area contributed by atoms with Gasteiger partial charge in [-0.25, -0.2) is 0 Å². The minimum Gasteiger partial charge on any atom is -0.376 e. The van der Waals surface area contributed by atoms with Crippen molar-refractivity contribution in [3.8, 4) is 0 Å². The number of pyridine rings is 1. The average molecular weight is 436 g/mol. The molecule has 1 atom stereocenters. The van der Waals surface area contributed by atoms with Crippen molar-refractivity contribution in [2.24, 2.45) is 0 Å². The SMILES string of the molecule is Cc1ccc2[nH]c(=O)c(CN(C[C@H]3CCCO3)C(=S)NCCc3ccccc3)cc2c1. The Kier molecular flexibility index (Phi) is 6.99. The number of aromatic amines is 1. The molecule has 0 amide bonds. The van der Waals surface area contributed by atoms with Gasteiger partial charge in [-0.3, -0.25) is 4.79 Å². The van der Waals surface area contributed by atoms with Crippen LogP contribution in [0.4, 0.5) is 0 Å². The summed E-state index contributed by atoms with van der Waals surface area (Å²) in [6, 6.07) is 18.4. The Balaban J connectivity index is 1.49. The van der Waals surface area contributed by atoms with Gasteiger partial charge in [-0.2, -0.15) is 0 Å². The molecular weight excluding hydrogens is 406 g/mol. The van der Waals surface area contributed by atoms with Crippen molar-refractivity contribution in [2.45, 2.75) is 38.8 Å². The maximum absolute atomic E-state index is 12.7. The molecule has 2 heterocycles. The van der Waals surface area contributed by atoms with Crippen LogP contribution in [0.1, 0.15) is 29.5 Å². The van der Waals surface area contributed by atoms with Gasteiger partial charge in [0.25, 0.3) is 5.56 Å². The Morgan fingerprint density at radius 1 is 1.23 bits per heavy atom. The van der Waals surface area contributed by atoms with E-state index in [0.717, 1.165) is 43.3 Å². The van der Waals surface area contributed by atoms with Crippen LogP contribution in [0.3, 0.4) is 0 Å². The molecule has 5 nitrogen and oxygen atoms in total. The molecule has 4 rings (SSSR count). The Morgan fingerprint density at radius 3 is 2.84 bits per heavy atom. The number of hydrogen-bond donors (Lipinski definition) is 2. The van der Waals surface area contributed by atoms with Crippen LogP contribution in [0.25, 0.3) is 10.9 Å². The molecule has 2 aromatic carbocycles.